The Labute approximate surface area is 194 Å². The highest BCUT2D eigenvalue weighted by molar-refractivity contribution is 6.09. The van der Waals surface area contributed by atoms with Gasteiger partial charge in [0.15, 0.2) is 0 Å². The maximum Gasteiger partial charge on any atom is 0.325 e. The standard InChI is InChI=1S/C24H32N6O3/c1-16-10-23(3,4)13-24(11-16)21(32)29(22(33)27-24)12-20(31)28(5)17(2)18-6-8-19(9-7-18)30-15-25-14-26-30/h6-9,14-17H,10-13H2,1-5H3,(H,27,33). The molecule has 1 aromatic carbocycles. The van der Waals surface area contributed by atoms with Gasteiger partial charge in [-0.1, -0.05) is 32.9 Å². The summed E-state index contributed by atoms with van der Waals surface area (Å²) in [4.78, 5) is 45.7. The van der Waals surface area contributed by atoms with Crippen molar-refractivity contribution in [3.8, 4) is 5.69 Å². The maximum atomic E-state index is 13.3. The summed E-state index contributed by atoms with van der Waals surface area (Å²) < 4.78 is 1.66. The van der Waals surface area contributed by atoms with Gasteiger partial charge in [-0.05, 0) is 55.2 Å². The van der Waals surface area contributed by atoms with Crippen LogP contribution in [0.25, 0.3) is 5.69 Å². The molecule has 176 valence electrons. The number of rotatable bonds is 5. The minimum atomic E-state index is -0.903. The minimum absolute atomic E-state index is 0.0513. The number of urea groups is 1. The van der Waals surface area contributed by atoms with Crippen LogP contribution < -0.4 is 5.32 Å². The van der Waals surface area contributed by atoms with Gasteiger partial charge in [0, 0.05) is 7.05 Å². The number of nitrogens with zero attached hydrogens (tertiary/aromatic N) is 5. The van der Waals surface area contributed by atoms with Crippen LogP contribution in [0.1, 0.15) is 58.6 Å². The highest BCUT2D eigenvalue weighted by Crippen LogP contribution is 2.46. The van der Waals surface area contributed by atoms with Crippen molar-refractivity contribution in [3.63, 3.8) is 0 Å². The average molecular weight is 453 g/mol. The third-order valence-corrected chi connectivity index (χ3v) is 6.95. The molecule has 2 aromatic rings. The predicted molar refractivity (Wildman–Crippen MR) is 122 cm³/mol. The number of carbonyl (C=O) groups excluding carboxylic acids is 3. The van der Waals surface area contributed by atoms with Crippen LogP contribution in [0.15, 0.2) is 36.9 Å². The highest BCUT2D eigenvalue weighted by atomic mass is 16.2. The highest BCUT2D eigenvalue weighted by Gasteiger charge is 2.56. The molecule has 1 N–H and O–H groups in total. The number of benzene rings is 1. The topological polar surface area (TPSA) is 100 Å². The van der Waals surface area contributed by atoms with E-state index in [0.29, 0.717) is 18.8 Å². The summed E-state index contributed by atoms with van der Waals surface area (Å²) >= 11 is 0. The SMILES string of the molecule is CC1CC(C)(C)CC2(C1)NC(=O)N(CC(=O)N(C)C(C)c1ccc(-n3cncn3)cc1)C2=O. The first kappa shape index (κ1) is 22.9. The van der Waals surface area contributed by atoms with Gasteiger partial charge in [-0.15, -0.1) is 0 Å². The Bertz CT molecular complexity index is 1050. The first-order valence-corrected chi connectivity index (χ1v) is 11.4. The molecule has 9 nitrogen and oxygen atoms in total. The summed E-state index contributed by atoms with van der Waals surface area (Å²) in [6.45, 7) is 8.02. The molecule has 2 heterocycles. The Morgan fingerprint density at radius 1 is 1.24 bits per heavy atom. The molecule has 0 radical (unpaired) electrons. The van der Waals surface area contributed by atoms with E-state index in [-0.39, 0.29) is 29.8 Å². The van der Waals surface area contributed by atoms with Crippen LogP contribution in [0.2, 0.25) is 0 Å². The van der Waals surface area contributed by atoms with E-state index in [1.54, 1.807) is 23.0 Å². The molecule has 3 atom stereocenters. The molecule has 1 aromatic heterocycles. The molecule has 33 heavy (non-hydrogen) atoms. The molecule has 4 rings (SSSR count). The van der Waals surface area contributed by atoms with E-state index < -0.39 is 11.6 Å². The van der Waals surface area contributed by atoms with Crippen LogP contribution in [0, 0.1) is 11.3 Å². The van der Waals surface area contributed by atoms with Gasteiger partial charge in [0.2, 0.25) is 5.91 Å². The number of likely N-dealkylation sites (N-methyl/N-ethyl adjacent to an activating group) is 1. The number of amides is 4. The molecule has 1 saturated heterocycles. The molecule has 1 aliphatic heterocycles. The van der Waals surface area contributed by atoms with Crippen LogP contribution in [0.5, 0.6) is 0 Å². The van der Waals surface area contributed by atoms with Gasteiger partial charge in [-0.25, -0.2) is 14.5 Å². The van der Waals surface area contributed by atoms with E-state index in [9.17, 15) is 14.4 Å². The van der Waals surface area contributed by atoms with Gasteiger partial charge in [0.25, 0.3) is 5.91 Å². The molecular formula is C24H32N6O3. The molecule has 1 spiro atoms. The van der Waals surface area contributed by atoms with E-state index in [0.717, 1.165) is 22.6 Å². The Morgan fingerprint density at radius 3 is 2.55 bits per heavy atom. The second kappa shape index (κ2) is 8.28. The lowest BCUT2D eigenvalue weighted by Crippen LogP contribution is -2.54. The summed E-state index contributed by atoms with van der Waals surface area (Å²) in [5.74, 6) is -0.248. The van der Waals surface area contributed by atoms with Gasteiger partial charge in [-0.2, -0.15) is 5.10 Å². The lowest BCUT2D eigenvalue weighted by atomic mass is 9.64. The molecule has 1 saturated carbocycles. The van der Waals surface area contributed by atoms with E-state index in [4.69, 9.17) is 0 Å². The summed E-state index contributed by atoms with van der Waals surface area (Å²) in [7, 11) is 1.69. The second-order valence-electron chi connectivity index (χ2n) is 10.4. The Hall–Kier alpha value is -3.23. The van der Waals surface area contributed by atoms with Crippen molar-refractivity contribution < 1.29 is 14.4 Å². The summed E-state index contributed by atoms with van der Waals surface area (Å²) in [6.07, 6.45) is 5.29. The van der Waals surface area contributed by atoms with Crippen LogP contribution >= 0.6 is 0 Å². The monoisotopic (exact) mass is 452 g/mol. The van der Waals surface area contributed by atoms with E-state index in [1.807, 2.05) is 31.2 Å². The zero-order valence-electron chi connectivity index (χ0n) is 19.9. The second-order valence-corrected chi connectivity index (χ2v) is 10.4. The third-order valence-electron chi connectivity index (χ3n) is 6.95. The number of carbonyl (C=O) groups is 3. The predicted octanol–water partition coefficient (Wildman–Crippen LogP) is 2.92. The lowest BCUT2D eigenvalue weighted by Gasteiger charge is -2.43. The zero-order chi connectivity index (χ0) is 24.0. The van der Waals surface area contributed by atoms with Gasteiger partial charge < -0.3 is 10.2 Å². The van der Waals surface area contributed by atoms with Crippen LogP contribution in [-0.4, -0.2) is 61.5 Å². The van der Waals surface area contributed by atoms with Crippen LogP contribution in [0.4, 0.5) is 4.79 Å². The van der Waals surface area contributed by atoms with Gasteiger partial charge in [-0.3, -0.25) is 14.5 Å². The number of hydrogen-bond donors (Lipinski definition) is 1. The average Bonchev–Trinajstić information content (AvgIpc) is 3.35. The van der Waals surface area contributed by atoms with Crippen LogP contribution in [0.3, 0.4) is 0 Å². The van der Waals surface area contributed by atoms with Crippen molar-refractivity contribution in [1.29, 1.82) is 0 Å². The normalized spacial score (nSPS) is 25.2. The van der Waals surface area contributed by atoms with E-state index >= 15 is 0 Å². The van der Waals surface area contributed by atoms with Gasteiger partial charge >= 0.3 is 6.03 Å². The van der Waals surface area contributed by atoms with Crippen molar-refractivity contribution in [2.24, 2.45) is 11.3 Å². The molecule has 2 aliphatic rings. The minimum Gasteiger partial charge on any atom is -0.337 e. The number of aromatic nitrogens is 3. The molecule has 0 bridgehead atoms. The molecule has 4 amide bonds. The molecular weight excluding hydrogens is 420 g/mol. The Balaban J connectivity index is 1.44. The largest absolute Gasteiger partial charge is 0.337 e. The first-order chi connectivity index (χ1) is 15.5. The first-order valence-electron chi connectivity index (χ1n) is 11.4. The van der Waals surface area contributed by atoms with Gasteiger partial charge in [0.1, 0.15) is 24.7 Å². The van der Waals surface area contributed by atoms with E-state index in [1.165, 1.54) is 6.33 Å². The van der Waals surface area contributed by atoms with Crippen molar-refractivity contribution in [1.82, 2.24) is 29.9 Å². The maximum absolute atomic E-state index is 13.3. The summed E-state index contributed by atoms with van der Waals surface area (Å²) in [5.41, 5.74) is 0.850. The molecule has 3 unspecified atom stereocenters. The fourth-order valence-electron chi connectivity index (χ4n) is 5.58. The summed E-state index contributed by atoms with van der Waals surface area (Å²) in [6, 6.07) is 6.97. The smallest absolute Gasteiger partial charge is 0.325 e. The third kappa shape index (κ3) is 4.36. The number of hydrogen-bond acceptors (Lipinski definition) is 5. The fraction of sp³-hybridized carbons (Fsp3) is 0.542. The molecule has 9 heteroatoms. The fourth-order valence-corrected chi connectivity index (χ4v) is 5.58. The van der Waals surface area contributed by atoms with Crippen molar-refractivity contribution >= 4 is 17.8 Å². The lowest BCUT2D eigenvalue weighted by molar-refractivity contribution is -0.141. The van der Waals surface area contributed by atoms with Crippen molar-refractivity contribution in [2.45, 2.75) is 58.5 Å². The quantitative estimate of drug-likeness (QED) is 0.703. The number of imide groups is 1. The molecule has 2 fully saturated rings. The van der Waals surface area contributed by atoms with E-state index in [2.05, 4.69) is 36.2 Å². The summed E-state index contributed by atoms with van der Waals surface area (Å²) in [5, 5.41) is 7.04. The molecule has 1 aliphatic carbocycles. The Kier molecular flexibility index (Phi) is 5.76. The van der Waals surface area contributed by atoms with Crippen molar-refractivity contribution in [3.05, 3.63) is 42.5 Å². The van der Waals surface area contributed by atoms with Crippen molar-refractivity contribution in [2.75, 3.05) is 13.6 Å². The van der Waals surface area contributed by atoms with Crippen LogP contribution in [-0.2, 0) is 9.59 Å². The Morgan fingerprint density at radius 2 is 1.94 bits per heavy atom. The zero-order valence-corrected chi connectivity index (χ0v) is 19.9. The van der Waals surface area contributed by atoms with Gasteiger partial charge in [0.05, 0.1) is 11.7 Å². The number of nitrogens with one attached hydrogen (secondary N) is 1.